The summed E-state index contributed by atoms with van der Waals surface area (Å²) in [5.74, 6) is 0.236. The molecule has 0 saturated heterocycles. The van der Waals surface area contributed by atoms with Gasteiger partial charge >= 0.3 is 0 Å². The maximum absolute atomic E-state index is 11.8. The number of carbonyl (C=O) groups excluding carboxylic acids is 1. The molecule has 0 unspecified atom stereocenters. The number of carbonyl (C=O) groups is 1. The Kier molecular flexibility index (Phi) is 6.69. The second-order valence-corrected chi connectivity index (χ2v) is 5.06. The molecule has 0 aliphatic heterocycles. The fourth-order valence-electron chi connectivity index (χ4n) is 1.79. The lowest BCUT2D eigenvalue weighted by Crippen LogP contribution is -2.26. The molecule has 18 heavy (non-hydrogen) atoms. The predicted octanol–water partition coefficient (Wildman–Crippen LogP) is 3.84. The number of benzene rings is 1. The highest BCUT2D eigenvalue weighted by molar-refractivity contribution is 6.42. The minimum atomic E-state index is 0.236. The van der Waals surface area contributed by atoms with Gasteiger partial charge in [0.25, 0.3) is 0 Å². The van der Waals surface area contributed by atoms with Crippen LogP contribution in [0.15, 0.2) is 18.2 Å². The molecule has 0 heterocycles. The Morgan fingerprint density at radius 1 is 1.17 bits per heavy atom. The molecule has 1 rings (SSSR count). The molecule has 0 spiro atoms. The molecule has 100 valence electrons. The van der Waals surface area contributed by atoms with Gasteiger partial charge in [0.1, 0.15) is 5.78 Å². The van der Waals surface area contributed by atoms with E-state index in [1.807, 2.05) is 6.07 Å². The van der Waals surface area contributed by atoms with Crippen molar-refractivity contribution in [2.75, 3.05) is 19.6 Å². The highest BCUT2D eigenvalue weighted by Crippen LogP contribution is 2.22. The van der Waals surface area contributed by atoms with E-state index in [0.717, 1.165) is 25.2 Å². The number of rotatable bonds is 7. The van der Waals surface area contributed by atoms with Crippen LogP contribution in [0.25, 0.3) is 0 Å². The van der Waals surface area contributed by atoms with E-state index in [4.69, 9.17) is 23.2 Å². The summed E-state index contributed by atoms with van der Waals surface area (Å²) >= 11 is 11.8. The van der Waals surface area contributed by atoms with Gasteiger partial charge in [0, 0.05) is 19.4 Å². The molecule has 0 aliphatic carbocycles. The van der Waals surface area contributed by atoms with Crippen molar-refractivity contribution < 1.29 is 4.79 Å². The van der Waals surface area contributed by atoms with Crippen LogP contribution in [-0.4, -0.2) is 30.3 Å². The lowest BCUT2D eigenvalue weighted by atomic mass is 10.1. The average molecular weight is 288 g/mol. The van der Waals surface area contributed by atoms with Crippen molar-refractivity contribution in [1.29, 1.82) is 0 Å². The van der Waals surface area contributed by atoms with Crippen LogP contribution in [0.1, 0.15) is 25.8 Å². The van der Waals surface area contributed by atoms with Gasteiger partial charge in [-0.25, -0.2) is 0 Å². The predicted molar refractivity (Wildman–Crippen MR) is 77.6 cm³/mol. The van der Waals surface area contributed by atoms with Crippen LogP contribution in [-0.2, 0) is 11.2 Å². The topological polar surface area (TPSA) is 20.3 Å². The summed E-state index contributed by atoms with van der Waals surface area (Å²) in [6, 6.07) is 5.35. The molecular weight excluding hydrogens is 269 g/mol. The van der Waals surface area contributed by atoms with Gasteiger partial charge in [-0.05, 0) is 30.8 Å². The monoisotopic (exact) mass is 287 g/mol. The van der Waals surface area contributed by atoms with E-state index < -0.39 is 0 Å². The fraction of sp³-hybridized carbons (Fsp3) is 0.500. The fourth-order valence-corrected chi connectivity index (χ4v) is 2.11. The van der Waals surface area contributed by atoms with Crippen molar-refractivity contribution in [3.63, 3.8) is 0 Å². The highest BCUT2D eigenvalue weighted by Gasteiger charge is 2.08. The second-order valence-electron chi connectivity index (χ2n) is 4.24. The van der Waals surface area contributed by atoms with Gasteiger partial charge in [-0.2, -0.15) is 0 Å². The van der Waals surface area contributed by atoms with E-state index in [9.17, 15) is 4.79 Å². The van der Waals surface area contributed by atoms with Crippen LogP contribution in [0.3, 0.4) is 0 Å². The molecule has 0 radical (unpaired) electrons. The third kappa shape index (κ3) is 4.97. The molecule has 2 nitrogen and oxygen atoms in total. The average Bonchev–Trinajstić information content (AvgIpc) is 2.35. The number of Topliss-reactive ketones (excluding diaryl/α,β-unsaturated/α-hetero) is 1. The van der Waals surface area contributed by atoms with Crippen molar-refractivity contribution >= 4 is 29.0 Å². The maximum Gasteiger partial charge on any atom is 0.138 e. The first-order chi connectivity index (χ1) is 8.56. The highest BCUT2D eigenvalue weighted by atomic mass is 35.5. The van der Waals surface area contributed by atoms with E-state index in [-0.39, 0.29) is 5.78 Å². The van der Waals surface area contributed by atoms with Crippen molar-refractivity contribution in [2.45, 2.75) is 26.7 Å². The molecule has 0 saturated carbocycles. The van der Waals surface area contributed by atoms with E-state index in [1.165, 1.54) is 0 Å². The summed E-state index contributed by atoms with van der Waals surface area (Å²) in [4.78, 5) is 14.1. The van der Waals surface area contributed by atoms with Crippen LogP contribution in [0.4, 0.5) is 0 Å². The first-order valence-corrected chi connectivity index (χ1v) is 7.00. The Bertz CT molecular complexity index is 403. The number of hydrogen-bond acceptors (Lipinski definition) is 2. The van der Waals surface area contributed by atoms with Gasteiger partial charge in [0.05, 0.1) is 10.0 Å². The molecule has 1 aromatic rings. The minimum Gasteiger partial charge on any atom is -0.303 e. The van der Waals surface area contributed by atoms with Crippen LogP contribution >= 0.6 is 23.2 Å². The first kappa shape index (κ1) is 15.5. The number of ketones is 1. The molecule has 0 fully saturated rings. The number of nitrogens with zero attached hydrogens (tertiary/aromatic N) is 1. The van der Waals surface area contributed by atoms with Crippen LogP contribution in [0.2, 0.25) is 10.0 Å². The summed E-state index contributed by atoms with van der Waals surface area (Å²) in [5, 5.41) is 1.03. The van der Waals surface area contributed by atoms with Crippen molar-refractivity contribution in [3.8, 4) is 0 Å². The van der Waals surface area contributed by atoms with Crippen molar-refractivity contribution in [3.05, 3.63) is 33.8 Å². The van der Waals surface area contributed by atoms with E-state index >= 15 is 0 Å². The summed E-state index contributed by atoms with van der Waals surface area (Å²) in [7, 11) is 0. The Morgan fingerprint density at radius 2 is 1.83 bits per heavy atom. The Morgan fingerprint density at radius 3 is 2.39 bits per heavy atom. The third-order valence-electron chi connectivity index (χ3n) is 2.99. The lowest BCUT2D eigenvalue weighted by Gasteiger charge is -2.17. The van der Waals surface area contributed by atoms with Crippen LogP contribution in [0.5, 0.6) is 0 Å². The zero-order valence-corrected chi connectivity index (χ0v) is 12.4. The summed E-state index contributed by atoms with van der Waals surface area (Å²) in [6.07, 6.45) is 1.01. The van der Waals surface area contributed by atoms with Gasteiger partial charge in [0.15, 0.2) is 0 Å². The summed E-state index contributed by atoms with van der Waals surface area (Å²) in [5.41, 5.74) is 0.925. The molecule has 0 aromatic heterocycles. The second kappa shape index (κ2) is 7.78. The third-order valence-corrected chi connectivity index (χ3v) is 3.73. The van der Waals surface area contributed by atoms with E-state index in [0.29, 0.717) is 22.9 Å². The largest absolute Gasteiger partial charge is 0.303 e. The smallest absolute Gasteiger partial charge is 0.138 e. The van der Waals surface area contributed by atoms with Crippen molar-refractivity contribution in [2.24, 2.45) is 0 Å². The maximum atomic E-state index is 11.8. The quantitative estimate of drug-likeness (QED) is 0.760. The van der Waals surface area contributed by atoms with Crippen molar-refractivity contribution in [1.82, 2.24) is 4.90 Å². The van der Waals surface area contributed by atoms with E-state index in [1.54, 1.807) is 12.1 Å². The standard InChI is InChI=1S/C14H19Cl2NO/c1-3-17(4-2)8-7-12(18)9-11-5-6-13(15)14(16)10-11/h5-6,10H,3-4,7-9H2,1-2H3. The van der Waals surface area contributed by atoms with Gasteiger partial charge in [-0.1, -0.05) is 43.1 Å². The zero-order valence-electron chi connectivity index (χ0n) is 10.9. The van der Waals surface area contributed by atoms with Gasteiger partial charge in [-0.15, -0.1) is 0 Å². The van der Waals surface area contributed by atoms with Gasteiger partial charge in [0.2, 0.25) is 0 Å². The first-order valence-electron chi connectivity index (χ1n) is 6.24. The Balaban J connectivity index is 2.46. The molecule has 0 atom stereocenters. The van der Waals surface area contributed by atoms with Gasteiger partial charge in [-0.3, -0.25) is 4.79 Å². The number of hydrogen-bond donors (Lipinski definition) is 0. The Labute approximate surface area is 119 Å². The SMILES string of the molecule is CCN(CC)CCC(=O)Cc1ccc(Cl)c(Cl)c1. The van der Waals surface area contributed by atoms with E-state index in [2.05, 4.69) is 18.7 Å². The normalized spacial score (nSPS) is 10.9. The molecule has 0 aliphatic rings. The Hall–Kier alpha value is -0.570. The minimum absolute atomic E-state index is 0.236. The van der Waals surface area contributed by atoms with Crippen LogP contribution in [0, 0.1) is 0 Å². The molecule has 4 heteroatoms. The molecular formula is C14H19Cl2NO. The van der Waals surface area contributed by atoms with Crippen LogP contribution < -0.4 is 0 Å². The summed E-state index contributed by atoms with van der Waals surface area (Å²) < 4.78 is 0. The molecule has 0 amide bonds. The molecule has 0 bridgehead atoms. The van der Waals surface area contributed by atoms with Gasteiger partial charge < -0.3 is 4.90 Å². The zero-order chi connectivity index (χ0) is 13.5. The molecule has 0 N–H and O–H groups in total. The summed E-state index contributed by atoms with van der Waals surface area (Å²) in [6.45, 7) is 7.00. The number of halogens is 2. The lowest BCUT2D eigenvalue weighted by molar-refractivity contribution is -0.118. The molecule has 1 aromatic carbocycles.